The molecule has 2 aliphatic heterocycles. The van der Waals surface area contributed by atoms with E-state index in [-0.39, 0.29) is 17.2 Å². The van der Waals surface area contributed by atoms with Crippen molar-refractivity contribution in [2.24, 2.45) is 0 Å². The lowest BCUT2D eigenvalue weighted by molar-refractivity contribution is -0.145. The van der Waals surface area contributed by atoms with Crippen molar-refractivity contribution in [3.8, 4) is 5.75 Å². The fraction of sp³-hybridized carbons (Fsp3) is 0.522. The molecule has 0 spiro atoms. The molecule has 1 fully saturated rings. The molecule has 2 aromatic heterocycles. The zero-order valence-corrected chi connectivity index (χ0v) is 18.8. The quantitative estimate of drug-likeness (QED) is 0.648. The first-order valence-electron chi connectivity index (χ1n) is 10.9. The third-order valence-electron chi connectivity index (χ3n) is 6.28. The predicted molar refractivity (Wildman–Crippen MR) is 116 cm³/mol. The molecule has 0 unspecified atom stereocenters. The number of furan rings is 1. The van der Waals surface area contributed by atoms with E-state index in [2.05, 4.69) is 4.90 Å². The molecular weight excluding hydrogens is 414 g/mol. The first kappa shape index (κ1) is 22.1. The van der Waals surface area contributed by atoms with Crippen LogP contribution in [0.15, 0.2) is 27.4 Å². The number of fused-ring (bicyclic) bond motifs is 1. The lowest BCUT2D eigenvalue weighted by Crippen LogP contribution is -2.42. The van der Waals surface area contributed by atoms with E-state index in [0.717, 1.165) is 17.9 Å². The van der Waals surface area contributed by atoms with Crippen molar-refractivity contribution in [3.05, 3.63) is 51.3 Å². The molecule has 0 aromatic carbocycles. The molecule has 2 aromatic rings. The Morgan fingerprint density at radius 1 is 1.16 bits per heavy atom. The monoisotopic (exact) mass is 443 g/mol. The Kier molecular flexibility index (Phi) is 6.36. The Bertz CT molecular complexity index is 1070. The maximum Gasteiger partial charge on any atom is 0.328 e. The van der Waals surface area contributed by atoms with Crippen molar-refractivity contribution >= 4 is 11.9 Å². The molecule has 0 N–H and O–H groups in total. The Hall–Kier alpha value is -3.07. The van der Waals surface area contributed by atoms with Crippen LogP contribution in [0.3, 0.4) is 0 Å². The number of aryl methyl sites for hydroxylation is 1. The highest BCUT2D eigenvalue weighted by atomic mass is 16.5. The van der Waals surface area contributed by atoms with Gasteiger partial charge in [-0.15, -0.1) is 0 Å². The van der Waals surface area contributed by atoms with Gasteiger partial charge in [0.15, 0.2) is 0 Å². The minimum Gasteiger partial charge on any atom is -0.496 e. The summed E-state index contributed by atoms with van der Waals surface area (Å²) in [6.07, 6.45) is 1.79. The molecule has 0 aliphatic carbocycles. The van der Waals surface area contributed by atoms with Crippen molar-refractivity contribution in [2.75, 3.05) is 33.9 Å². The molecule has 0 saturated carbocycles. The lowest BCUT2D eigenvalue weighted by Gasteiger charge is -2.25. The van der Waals surface area contributed by atoms with Crippen LogP contribution < -0.4 is 10.3 Å². The van der Waals surface area contributed by atoms with Gasteiger partial charge < -0.3 is 23.4 Å². The van der Waals surface area contributed by atoms with Crippen molar-refractivity contribution in [3.63, 3.8) is 0 Å². The SMILES string of the molecule is COC(=O)[C@@H]1CCCN1C(=O)c1c(OC)cc(=O)n2c1CCN(Cc1ccc(C)o1)CC2. The standard InChI is InChI=1S/C23H29N3O6/c1-15-6-7-16(32-15)14-24-10-8-17-21(19(30-2)13-20(27)25(17)12-11-24)22(28)26-9-4-5-18(26)23(29)31-3/h6-7,13,18H,4-5,8-12,14H2,1-3H3/t18-/m0/s1. The molecular formula is C23H29N3O6. The Morgan fingerprint density at radius 3 is 2.66 bits per heavy atom. The average molecular weight is 444 g/mol. The second kappa shape index (κ2) is 9.20. The second-order valence-electron chi connectivity index (χ2n) is 8.24. The van der Waals surface area contributed by atoms with Gasteiger partial charge in [-0.1, -0.05) is 0 Å². The van der Waals surface area contributed by atoms with Gasteiger partial charge in [0.05, 0.1) is 20.8 Å². The predicted octanol–water partition coefficient (Wildman–Crippen LogP) is 1.59. The van der Waals surface area contributed by atoms with Gasteiger partial charge in [0.1, 0.15) is 28.9 Å². The largest absolute Gasteiger partial charge is 0.496 e. The second-order valence-corrected chi connectivity index (χ2v) is 8.24. The number of esters is 1. The Labute approximate surface area is 186 Å². The molecule has 0 bridgehead atoms. The van der Waals surface area contributed by atoms with Crippen LogP contribution in [0, 0.1) is 6.92 Å². The zero-order valence-electron chi connectivity index (χ0n) is 18.8. The maximum atomic E-state index is 13.6. The summed E-state index contributed by atoms with van der Waals surface area (Å²) in [6, 6.07) is 4.64. The third-order valence-corrected chi connectivity index (χ3v) is 6.28. The highest BCUT2D eigenvalue weighted by Crippen LogP contribution is 2.29. The van der Waals surface area contributed by atoms with E-state index in [4.69, 9.17) is 13.9 Å². The number of carbonyl (C=O) groups is 2. The van der Waals surface area contributed by atoms with Crippen LogP contribution in [0.25, 0.3) is 0 Å². The first-order valence-corrected chi connectivity index (χ1v) is 10.9. The van der Waals surface area contributed by atoms with E-state index in [0.29, 0.717) is 56.8 Å². The first-order chi connectivity index (χ1) is 15.4. The summed E-state index contributed by atoms with van der Waals surface area (Å²) in [5, 5.41) is 0. The van der Waals surface area contributed by atoms with Gasteiger partial charge in [-0.25, -0.2) is 4.79 Å². The van der Waals surface area contributed by atoms with Gasteiger partial charge >= 0.3 is 5.97 Å². The van der Waals surface area contributed by atoms with Gasteiger partial charge in [-0.05, 0) is 31.9 Å². The number of aromatic nitrogens is 1. The number of likely N-dealkylation sites (tertiary alicyclic amines) is 1. The molecule has 4 heterocycles. The number of hydrogen-bond donors (Lipinski definition) is 0. The molecule has 0 radical (unpaired) electrons. The fourth-order valence-corrected chi connectivity index (χ4v) is 4.67. The molecule has 1 saturated heterocycles. The van der Waals surface area contributed by atoms with E-state index in [1.54, 1.807) is 9.47 Å². The van der Waals surface area contributed by atoms with Crippen LogP contribution >= 0.6 is 0 Å². The zero-order chi connectivity index (χ0) is 22.8. The fourth-order valence-electron chi connectivity index (χ4n) is 4.67. The number of ether oxygens (including phenoxy) is 2. The van der Waals surface area contributed by atoms with Crippen molar-refractivity contribution in [2.45, 2.75) is 45.3 Å². The summed E-state index contributed by atoms with van der Waals surface area (Å²) >= 11 is 0. The van der Waals surface area contributed by atoms with E-state index in [1.807, 2.05) is 19.1 Å². The van der Waals surface area contributed by atoms with Gasteiger partial charge in [0.2, 0.25) is 0 Å². The summed E-state index contributed by atoms with van der Waals surface area (Å²) in [5.74, 6) is 1.25. The maximum absolute atomic E-state index is 13.6. The van der Waals surface area contributed by atoms with E-state index >= 15 is 0 Å². The summed E-state index contributed by atoms with van der Waals surface area (Å²) in [5.41, 5.74) is 0.807. The van der Waals surface area contributed by atoms with Crippen molar-refractivity contribution in [1.29, 1.82) is 0 Å². The Morgan fingerprint density at radius 2 is 1.97 bits per heavy atom. The van der Waals surface area contributed by atoms with E-state index < -0.39 is 12.0 Å². The molecule has 32 heavy (non-hydrogen) atoms. The molecule has 4 rings (SSSR count). The van der Waals surface area contributed by atoms with Gasteiger partial charge in [-0.3, -0.25) is 14.5 Å². The normalized spacial score (nSPS) is 18.8. The topological polar surface area (TPSA) is 94.2 Å². The van der Waals surface area contributed by atoms with Gasteiger partial charge in [0.25, 0.3) is 11.5 Å². The van der Waals surface area contributed by atoms with Crippen LogP contribution in [0.5, 0.6) is 5.75 Å². The van der Waals surface area contributed by atoms with Crippen LogP contribution in [0.2, 0.25) is 0 Å². The van der Waals surface area contributed by atoms with Crippen LogP contribution in [-0.4, -0.2) is 66.1 Å². The molecule has 9 nitrogen and oxygen atoms in total. The molecule has 1 atom stereocenters. The average Bonchev–Trinajstić information content (AvgIpc) is 3.38. The number of amides is 1. The minimum absolute atomic E-state index is 0.199. The van der Waals surface area contributed by atoms with E-state index in [1.165, 1.54) is 20.3 Å². The van der Waals surface area contributed by atoms with Crippen molar-refractivity contribution < 1.29 is 23.5 Å². The third kappa shape index (κ3) is 4.17. The summed E-state index contributed by atoms with van der Waals surface area (Å²) in [4.78, 5) is 42.4. The summed E-state index contributed by atoms with van der Waals surface area (Å²) < 4.78 is 17.7. The minimum atomic E-state index is -0.616. The van der Waals surface area contributed by atoms with Crippen LogP contribution in [0.4, 0.5) is 0 Å². The molecule has 172 valence electrons. The molecule has 9 heteroatoms. The number of nitrogens with zero attached hydrogens (tertiary/aromatic N) is 3. The number of hydrogen-bond acceptors (Lipinski definition) is 7. The van der Waals surface area contributed by atoms with E-state index in [9.17, 15) is 14.4 Å². The highest BCUT2D eigenvalue weighted by molar-refractivity contribution is 6.00. The van der Waals surface area contributed by atoms with Crippen molar-refractivity contribution in [1.82, 2.24) is 14.4 Å². The highest BCUT2D eigenvalue weighted by Gasteiger charge is 2.38. The van der Waals surface area contributed by atoms with Crippen LogP contribution in [0.1, 0.15) is 40.4 Å². The number of carbonyl (C=O) groups excluding carboxylic acids is 2. The molecule has 1 amide bonds. The smallest absolute Gasteiger partial charge is 0.328 e. The van der Waals surface area contributed by atoms with Gasteiger partial charge in [-0.2, -0.15) is 0 Å². The van der Waals surface area contributed by atoms with Gasteiger partial charge in [0, 0.05) is 44.4 Å². The molecule has 2 aliphatic rings. The number of rotatable bonds is 5. The summed E-state index contributed by atoms with van der Waals surface area (Å²) in [7, 11) is 2.78. The number of methoxy groups -OCH3 is 2. The summed E-state index contributed by atoms with van der Waals surface area (Å²) in [6.45, 7) is 4.77. The lowest BCUT2D eigenvalue weighted by atomic mass is 10.1. The number of pyridine rings is 1. The van der Waals surface area contributed by atoms with Crippen LogP contribution in [-0.2, 0) is 29.0 Å². The Balaban J connectivity index is 1.66.